The molecule has 1 aromatic rings. The largest absolute Gasteiger partial charge is 0.300 e. The third kappa shape index (κ3) is 2.72. The molecule has 0 fully saturated rings. The van der Waals surface area contributed by atoms with Gasteiger partial charge >= 0.3 is 0 Å². The molecule has 0 amide bonds. The van der Waals surface area contributed by atoms with Gasteiger partial charge in [0.1, 0.15) is 0 Å². The molecule has 0 saturated heterocycles. The molecule has 0 unspecified atom stereocenters. The Kier molecular flexibility index (Phi) is 3.57. The fraction of sp³-hybridized carbons (Fsp3) is 0.571. The molecule has 1 aliphatic rings. The van der Waals surface area contributed by atoms with E-state index in [1.165, 1.54) is 5.56 Å². The Balaban J connectivity index is 2.22. The minimum atomic E-state index is 0.102. The predicted octanol–water partition coefficient (Wildman–Crippen LogP) is 2.09. The van der Waals surface area contributed by atoms with E-state index in [1.54, 1.807) is 13.1 Å². The van der Waals surface area contributed by atoms with Crippen molar-refractivity contribution in [2.45, 2.75) is 39.7 Å². The highest BCUT2D eigenvalue weighted by Gasteiger charge is 2.17. The van der Waals surface area contributed by atoms with Gasteiger partial charge in [-0.3, -0.25) is 9.78 Å². The van der Waals surface area contributed by atoms with Crippen molar-refractivity contribution in [2.24, 2.45) is 0 Å². The van der Waals surface area contributed by atoms with E-state index in [4.69, 9.17) is 0 Å². The molecule has 17 heavy (non-hydrogen) atoms. The summed E-state index contributed by atoms with van der Waals surface area (Å²) in [6, 6.07) is 2.60. The van der Waals surface area contributed by atoms with E-state index in [1.807, 2.05) is 6.07 Å². The summed E-state index contributed by atoms with van der Waals surface area (Å²) in [5.41, 5.74) is 3.15. The molecule has 92 valence electrons. The molecular weight excluding hydrogens is 212 g/mol. The van der Waals surface area contributed by atoms with Gasteiger partial charge in [-0.2, -0.15) is 0 Å². The number of aromatic nitrogens is 1. The van der Waals surface area contributed by atoms with Crippen molar-refractivity contribution in [3.63, 3.8) is 0 Å². The fourth-order valence-corrected chi connectivity index (χ4v) is 2.31. The molecule has 0 atom stereocenters. The van der Waals surface area contributed by atoms with Gasteiger partial charge in [0.25, 0.3) is 0 Å². The lowest BCUT2D eigenvalue weighted by Gasteiger charge is -2.23. The molecular formula is C14H20N2O. The molecule has 0 radical (unpaired) electrons. The molecule has 2 heterocycles. The van der Waals surface area contributed by atoms with Gasteiger partial charge in [0, 0.05) is 43.0 Å². The number of nitrogens with zero attached hydrogens (tertiary/aromatic N) is 2. The molecule has 0 spiro atoms. The van der Waals surface area contributed by atoms with Crippen LogP contribution in [0.3, 0.4) is 0 Å². The number of hydrogen-bond donors (Lipinski definition) is 0. The van der Waals surface area contributed by atoms with Gasteiger partial charge in [-0.1, -0.05) is 0 Å². The summed E-state index contributed by atoms with van der Waals surface area (Å²) in [4.78, 5) is 18.3. The highest BCUT2D eigenvalue weighted by molar-refractivity contribution is 5.93. The minimum Gasteiger partial charge on any atom is -0.300 e. The number of carbonyl (C=O) groups excluding carboxylic acids is 1. The molecule has 0 bridgehead atoms. The number of pyridine rings is 1. The summed E-state index contributed by atoms with van der Waals surface area (Å²) >= 11 is 0. The monoisotopic (exact) mass is 232 g/mol. The average molecular weight is 232 g/mol. The molecule has 0 aromatic carbocycles. The van der Waals surface area contributed by atoms with Crippen LogP contribution in [0.4, 0.5) is 0 Å². The quantitative estimate of drug-likeness (QED) is 0.732. The molecule has 1 aliphatic heterocycles. The van der Waals surface area contributed by atoms with Crippen molar-refractivity contribution in [3.8, 4) is 0 Å². The van der Waals surface area contributed by atoms with Crippen LogP contribution < -0.4 is 0 Å². The van der Waals surface area contributed by atoms with Gasteiger partial charge in [-0.15, -0.1) is 0 Å². The van der Waals surface area contributed by atoms with Gasteiger partial charge in [0.05, 0.1) is 0 Å². The Labute approximate surface area is 103 Å². The normalized spacial score (nSPS) is 16.7. The zero-order valence-electron chi connectivity index (χ0n) is 10.9. The van der Waals surface area contributed by atoms with E-state index >= 15 is 0 Å². The van der Waals surface area contributed by atoms with Gasteiger partial charge in [-0.05, 0) is 38.8 Å². The molecule has 1 aromatic heterocycles. The highest BCUT2D eigenvalue weighted by atomic mass is 16.1. The van der Waals surface area contributed by atoms with Gasteiger partial charge in [0.2, 0.25) is 0 Å². The number of fused-ring (bicyclic) bond motifs is 1. The predicted molar refractivity (Wildman–Crippen MR) is 68.4 cm³/mol. The second-order valence-corrected chi connectivity index (χ2v) is 5.02. The molecule has 3 heteroatoms. The Hall–Kier alpha value is -1.22. The number of hydrogen-bond acceptors (Lipinski definition) is 3. The molecule has 0 aliphatic carbocycles. The van der Waals surface area contributed by atoms with E-state index < -0.39 is 0 Å². The summed E-state index contributed by atoms with van der Waals surface area (Å²) in [6.45, 7) is 8.18. The second kappa shape index (κ2) is 4.96. The molecule has 0 N–H and O–H groups in total. The van der Waals surface area contributed by atoms with Crippen molar-refractivity contribution in [1.82, 2.24) is 9.88 Å². The van der Waals surface area contributed by atoms with Crippen LogP contribution in [0.2, 0.25) is 0 Å². The summed E-state index contributed by atoms with van der Waals surface area (Å²) in [5, 5.41) is 0. The average Bonchev–Trinajstić information content (AvgIpc) is 2.50. The van der Waals surface area contributed by atoms with E-state index in [2.05, 4.69) is 23.7 Å². The van der Waals surface area contributed by atoms with Gasteiger partial charge in [-0.25, -0.2) is 0 Å². The molecule has 3 nitrogen and oxygen atoms in total. The summed E-state index contributed by atoms with van der Waals surface area (Å²) in [7, 11) is 0. The lowest BCUT2D eigenvalue weighted by molar-refractivity contribution is 0.101. The number of ketones is 1. The smallest absolute Gasteiger partial charge is 0.161 e. The zero-order chi connectivity index (χ0) is 12.4. The number of carbonyl (C=O) groups is 1. The summed E-state index contributed by atoms with van der Waals surface area (Å²) in [5.74, 6) is 0.102. The Morgan fingerprint density at radius 3 is 2.71 bits per heavy atom. The second-order valence-electron chi connectivity index (χ2n) is 5.02. The van der Waals surface area contributed by atoms with Crippen molar-refractivity contribution in [1.29, 1.82) is 0 Å². The maximum atomic E-state index is 11.3. The summed E-state index contributed by atoms with van der Waals surface area (Å²) in [6.07, 6.45) is 3.71. The van der Waals surface area contributed by atoms with Crippen molar-refractivity contribution in [3.05, 3.63) is 29.1 Å². The van der Waals surface area contributed by atoms with Crippen LogP contribution in [0.1, 0.15) is 42.4 Å². The van der Waals surface area contributed by atoms with Crippen molar-refractivity contribution < 1.29 is 4.79 Å². The van der Waals surface area contributed by atoms with E-state index in [0.717, 1.165) is 37.2 Å². The van der Waals surface area contributed by atoms with Crippen LogP contribution in [0, 0.1) is 0 Å². The first-order valence-electron chi connectivity index (χ1n) is 6.30. The SMILES string of the molecule is CC(=O)c1cnc2c(c1)CCN(C(C)C)CC2. The maximum absolute atomic E-state index is 11.3. The first-order chi connectivity index (χ1) is 8.08. The Morgan fingerprint density at radius 2 is 2.06 bits per heavy atom. The highest BCUT2D eigenvalue weighted by Crippen LogP contribution is 2.17. The molecule has 0 saturated carbocycles. The molecule has 2 rings (SSSR count). The van der Waals surface area contributed by atoms with E-state index in [0.29, 0.717) is 6.04 Å². The van der Waals surface area contributed by atoms with Crippen molar-refractivity contribution >= 4 is 5.78 Å². The fourth-order valence-electron chi connectivity index (χ4n) is 2.31. The van der Waals surface area contributed by atoms with Gasteiger partial charge in [0.15, 0.2) is 5.78 Å². The lowest BCUT2D eigenvalue weighted by atomic mass is 10.1. The summed E-state index contributed by atoms with van der Waals surface area (Å²) < 4.78 is 0. The van der Waals surface area contributed by atoms with Crippen LogP contribution >= 0.6 is 0 Å². The lowest BCUT2D eigenvalue weighted by Crippen LogP contribution is -2.33. The first kappa shape index (κ1) is 12.2. The number of Topliss-reactive ketones (excluding diaryl/α,β-unsaturated/α-hetero) is 1. The van der Waals surface area contributed by atoms with Crippen LogP contribution in [-0.2, 0) is 12.8 Å². The topological polar surface area (TPSA) is 33.2 Å². The van der Waals surface area contributed by atoms with Crippen LogP contribution in [-0.4, -0.2) is 34.8 Å². The first-order valence-corrected chi connectivity index (χ1v) is 6.30. The Bertz CT molecular complexity index is 426. The minimum absolute atomic E-state index is 0.102. The van der Waals surface area contributed by atoms with E-state index in [9.17, 15) is 4.79 Å². The van der Waals surface area contributed by atoms with Crippen LogP contribution in [0.25, 0.3) is 0 Å². The zero-order valence-corrected chi connectivity index (χ0v) is 10.9. The third-order valence-electron chi connectivity index (χ3n) is 3.50. The van der Waals surface area contributed by atoms with E-state index in [-0.39, 0.29) is 5.78 Å². The third-order valence-corrected chi connectivity index (χ3v) is 3.50. The van der Waals surface area contributed by atoms with Gasteiger partial charge < -0.3 is 4.90 Å². The van der Waals surface area contributed by atoms with Crippen molar-refractivity contribution in [2.75, 3.05) is 13.1 Å². The van der Waals surface area contributed by atoms with Crippen LogP contribution in [0.15, 0.2) is 12.3 Å². The Morgan fingerprint density at radius 1 is 1.35 bits per heavy atom. The standard InChI is InChI=1S/C14H20N2O/c1-10(2)16-6-4-12-8-13(11(3)17)9-15-14(12)5-7-16/h8-10H,4-7H2,1-3H3. The maximum Gasteiger partial charge on any atom is 0.161 e. The number of rotatable bonds is 2. The van der Waals surface area contributed by atoms with Crippen LogP contribution in [0.5, 0.6) is 0 Å².